The van der Waals surface area contributed by atoms with Gasteiger partial charge >= 0.3 is 5.97 Å². The number of aliphatic hydroxyl groups is 2. The lowest BCUT2D eigenvalue weighted by molar-refractivity contribution is -0.155. The van der Waals surface area contributed by atoms with Gasteiger partial charge in [0.15, 0.2) is 5.79 Å². The minimum Gasteiger partial charge on any atom is -0.478 e. The van der Waals surface area contributed by atoms with Crippen LogP contribution >= 0.6 is 0 Å². The van der Waals surface area contributed by atoms with E-state index in [1.807, 2.05) is 51.1 Å². The molecule has 0 bridgehead atoms. The molecule has 194 valence electrons. The summed E-state index contributed by atoms with van der Waals surface area (Å²) in [7, 11) is 0. The van der Waals surface area contributed by atoms with E-state index in [0.717, 1.165) is 24.8 Å². The zero-order valence-electron chi connectivity index (χ0n) is 21.5. The van der Waals surface area contributed by atoms with E-state index in [0.29, 0.717) is 30.8 Å². The second-order valence-corrected chi connectivity index (χ2v) is 10.8. The van der Waals surface area contributed by atoms with Crippen LogP contribution in [0.15, 0.2) is 53.6 Å². The maximum atomic E-state index is 11.8. The molecule has 1 aliphatic heterocycles. The molecule has 1 aliphatic carbocycles. The summed E-state index contributed by atoms with van der Waals surface area (Å²) in [5, 5.41) is 30.5. The summed E-state index contributed by atoms with van der Waals surface area (Å²) in [6.45, 7) is 7.84. The molecule has 0 radical (unpaired) electrons. The normalized spacial score (nSPS) is 28.4. The van der Waals surface area contributed by atoms with E-state index in [9.17, 15) is 20.1 Å². The number of hydrogen-bond acceptors (Lipinski definition) is 5. The Balaban J connectivity index is 1.60. The number of ether oxygens (including phenoxy) is 2. The second-order valence-electron chi connectivity index (χ2n) is 10.8. The van der Waals surface area contributed by atoms with Crippen LogP contribution in [-0.2, 0) is 20.7 Å². The third kappa shape index (κ3) is 7.74. The molecule has 6 nitrogen and oxygen atoms in total. The van der Waals surface area contributed by atoms with E-state index in [1.54, 1.807) is 0 Å². The zero-order chi connectivity index (χ0) is 25.6. The highest BCUT2D eigenvalue weighted by molar-refractivity contribution is 5.88. The largest absolute Gasteiger partial charge is 0.478 e. The first-order valence-electron chi connectivity index (χ1n) is 12.9. The van der Waals surface area contributed by atoms with Gasteiger partial charge in [-0.15, -0.1) is 0 Å². The van der Waals surface area contributed by atoms with E-state index in [2.05, 4.69) is 19.1 Å². The van der Waals surface area contributed by atoms with Gasteiger partial charge in [-0.25, -0.2) is 4.79 Å². The topological polar surface area (TPSA) is 96.2 Å². The van der Waals surface area contributed by atoms with Gasteiger partial charge in [0.25, 0.3) is 0 Å². The number of rotatable bonds is 11. The number of aliphatic hydroxyl groups excluding tert-OH is 2. The first-order chi connectivity index (χ1) is 16.6. The lowest BCUT2D eigenvalue weighted by Crippen LogP contribution is -2.35. The van der Waals surface area contributed by atoms with Crippen molar-refractivity contribution in [1.82, 2.24) is 0 Å². The Labute approximate surface area is 209 Å². The Morgan fingerprint density at radius 3 is 2.57 bits per heavy atom. The number of aliphatic carboxylic acids is 1. The van der Waals surface area contributed by atoms with Gasteiger partial charge in [0.05, 0.1) is 12.2 Å². The van der Waals surface area contributed by atoms with E-state index in [-0.39, 0.29) is 24.5 Å². The molecule has 1 fully saturated rings. The number of benzene rings is 1. The average molecular weight is 487 g/mol. The molecule has 6 atom stereocenters. The summed E-state index contributed by atoms with van der Waals surface area (Å²) in [5.41, 5.74) is 2.63. The molecule has 3 rings (SSSR count). The van der Waals surface area contributed by atoms with Gasteiger partial charge in [-0.3, -0.25) is 0 Å². The molecule has 1 saturated heterocycles. The molecule has 2 aliphatic rings. The monoisotopic (exact) mass is 486 g/mol. The van der Waals surface area contributed by atoms with Gasteiger partial charge in [0.2, 0.25) is 0 Å². The van der Waals surface area contributed by atoms with Crippen LogP contribution in [0, 0.1) is 17.8 Å². The van der Waals surface area contributed by atoms with Crippen LogP contribution in [0.2, 0.25) is 0 Å². The molecule has 1 aromatic carbocycles. The fraction of sp³-hybridized carbons (Fsp3) is 0.621. The van der Waals surface area contributed by atoms with Crippen molar-refractivity contribution >= 4 is 5.97 Å². The fourth-order valence-electron chi connectivity index (χ4n) is 5.62. The summed E-state index contributed by atoms with van der Waals surface area (Å²) < 4.78 is 12.2. The van der Waals surface area contributed by atoms with E-state index in [4.69, 9.17) is 9.47 Å². The van der Waals surface area contributed by atoms with Crippen molar-refractivity contribution in [2.24, 2.45) is 17.8 Å². The highest BCUT2D eigenvalue weighted by atomic mass is 16.8. The number of hydrogen-bond donors (Lipinski definition) is 3. The summed E-state index contributed by atoms with van der Waals surface area (Å²) in [4.78, 5) is 11.8. The summed E-state index contributed by atoms with van der Waals surface area (Å²) in [5.74, 6) is -1.24. The van der Waals surface area contributed by atoms with E-state index in [1.165, 1.54) is 5.56 Å². The van der Waals surface area contributed by atoms with Crippen molar-refractivity contribution in [3.63, 3.8) is 0 Å². The standard InChI is InChI=1S/C29H42O6/c1-19-15-20(2)26(28(32)33)23(16-19)11-8-12-25-27(35-29(3,4)34-25)24(31)14-13-22(18-30)17-21-9-6-5-7-10-21/h5-11,19,22-25,27,30-31H,12-18H2,1-4H3,(H,32,33)/b11-8+. The Morgan fingerprint density at radius 1 is 1.20 bits per heavy atom. The van der Waals surface area contributed by atoms with Gasteiger partial charge < -0.3 is 24.8 Å². The third-order valence-corrected chi connectivity index (χ3v) is 7.21. The Bertz CT molecular complexity index is 890. The average Bonchev–Trinajstić information content (AvgIpc) is 3.10. The molecule has 0 aromatic heterocycles. The number of allylic oxidation sites excluding steroid dienone is 2. The number of carbonyl (C=O) groups is 1. The molecule has 0 saturated carbocycles. The van der Waals surface area contributed by atoms with Gasteiger partial charge in [-0.2, -0.15) is 0 Å². The van der Waals surface area contributed by atoms with Crippen molar-refractivity contribution in [1.29, 1.82) is 0 Å². The predicted molar refractivity (Wildman–Crippen MR) is 136 cm³/mol. The SMILES string of the molecule is CC1=C(C(=O)O)C(/C=C/CC2OC(C)(C)OC2C(O)CCC(CO)Cc2ccccc2)CC(C)C1. The van der Waals surface area contributed by atoms with Crippen LogP contribution in [0.3, 0.4) is 0 Å². The Kier molecular flexibility index (Phi) is 9.70. The molecule has 3 N–H and O–H groups in total. The van der Waals surface area contributed by atoms with Crippen LogP contribution in [0.5, 0.6) is 0 Å². The minimum absolute atomic E-state index is 0.0680. The number of carboxylic acids is 1. The lowest BCUT2D eigenvalue weighted by atomic mass is 9.77. The Hall–Kier alpha value is -1.99. The second kappa shape index (κ2) is 12.3. The van der Waals surface area contributed by atoms with Crippen molar-refractivity contribution < 1.29 is 29.6 Å². The first-order valence-corrected chi connectivity index (χ1v) is 12.9. The van der Waals surface area contributed by atoms with Crippen molar-refractivity contribution in [2.45, 2.75) is 90.3 Å². The molecular weight excluding hydrogens is 444 g/mol. The van der Waals surface area contributed by atoms with Crippen LogP contribution in [-0.4, -0.2) is 52.0 Å². The minimum atomic E-state index is -0.840. The van der Waals surface area contributed by atoms with Crippen molar-refractivity contribution in [3.05, 3.63) is 59.2 Å². The smallest absolute Gasteiger partial charge is 0.332 e. The quantitative estimate of drug-likeness (QED) is 0.385. The zero-order valence-corrected chi connectivity index (χ0v) is 21.5. The molecular formula is C29H42O6. The molecule has 0 amide bonds. The Morgan fingerprint density at radius 2 is 1.91 bits per heavy atom. The first kappa shape index (κ1) is 27.6. The lowest BCUT2D eigenvalue weighted by Gasteiger charge is -2.27. The predicted octanol–water partition coefficient (Wildman–Crippen LogP) is 4.89. The molecule has 1 heterocycles. The van der Waals surface area contributed by atoms with Crippen molar-refractivity contribution in [2.75, 3.05) is 6.61 Å². The van der Waals surface area contributed by atoms with Crippen LogP contribution in [0.4, 0.5) is 0 Å². The van der Waals surface area contributed by atoms with Gasteiger partial charge in [0, 0.05) is 18.1 Å². The molecule has 6 heteroatoms. The van der Waals surface area contributed by atoms with Crippen LogP contribution in [0.25, 0.3) is 0 Å². The molecule has 1 aromatic rings. The summed E-state index contributed by atoms with van der Waals surface area (Å²) in [6, 6.07) is 10.1. The maximum absolute atomic E-state index is 11.8. The molecule has 0 spiro atoms. The maximum Gasteiger partial charge on any atom is 0.332 e. The van der Waals surface area contributed by atoms with Gasteiger partial charge in [-0.1, -0.05) is 55.0 Å². The summed E-state index contributed by atoms with van der Waals surface area (Å²) in [6.07, 6.45) is 6.59. The number of carboxylic acid groups (broad SMARTS) is 1. The van der Waals surface area contributed by atoms with Crippen LogP contribution < -0.4 is 0 Å². The third-order valence-electron chi connectivity index (χ3n) is 7.21. The molecule has 35 heavy (non-hydrogen) atoms. The highest BCUT2D eigenvalue weighted by Crippen LogP contribution is 2.36. The van der Waals surface area contributed by atoms with E-state index < -0.39 is 24.0 Å². The summed E-state index contributed by atoms with van der Waals surface area (Å²) >= 11 is 0. The highest BCUT2D eigenvalue weighted by Gasteiger charge is 2.44. The van der Waals surface area contributed by atoms with Gasteiger partial charge in [-0.05, 0) is 76.7 Å². The molecule has 6 unspecified atom stereocenters. The van der Waals surface area contributed by atoms with E-state index >= 15 is 0 Å². The van der Waals surface area contributed by atoms with Crippen molar-refractivity contribution in [3.8, 4) is 0 Å². The van der Waals surface area contributed by atoms with Gasteiger partial charge in [0.1, 0.15) is 6.10 Å². The van der Waals surface area contributed by atoms with Crippen LogP contribution in [0.1, 0.15) is 65.4 Å². The fourth-order valence-corrected chi connectivity index (χ4v) is 5.62.